The molecule has 0 saturated carbocycles. The van der Waals surface area contributed by atoms with E-state index in [0.717, 1.165) is 31.6 Å². The number of nitrogens with one attached hydrogen (secondary N) is 2. The first-order chi connectivity index (χ1) is 10.7. The summed E-state index contributed by atoms with van der Waals surface area (Å²) in [5, 5.41) is 12.4. The zero-order valence-corrected chi connectivity index (χ0v) is 14.3. The van der Waals surface area contributed by atoms with Gasteiger partial charge in [0.1, 0.15) is 0 Å². The van der Waals surface area contributed by atoms with Gasteiger partial charge in [0.05, 0.1) is 24.1 Å². The second-order valence-corrected chi connectivity index (χ2v) is 5.29. The van der Waals surface area contributed by atoms with Gasteiger partial charge in [-0.2, -0.15) is 5.10 Å². The van der Waals surface area contributed by atoms with Crippen molar-refractivity contribution in [3.05, 3.63) is 35.4 Å². The summed E-state index contributed by atoms with van der Waals surface area (Å²) >= 11 is 0. The molecule has 4 heteroatoms. The molecule has 2 rings (SSSR count). The molecule has 0 bridgehead atoms. The lowest BCUT2D eigenvalue weighted by atomic mass is 10.1. The Labute approximate surface area is 134 Å². The van der Waals surface area contributed by atoms with Crippen molar-refractivity contribution in [2.24, 2.45) is 5.10 Å². The highest BCUT2D eigenvalue weighted by Gasteiger charge is 2.13. The van der Waals surface area contributed by atoms with E-state index < -0.39 is 0 Å². The van der Waals surface area contributed by atoms with Gasteiger partial charge in [0.25, 0.3) is 0 Å². The molecule has 1 aromatic carbocycles. The molecule has 0 aliphatic carbocycles. The number of nitrogens with zero attached hydrogens (tertiary/aromatic N) is 1. The SMILES string of the molecule is C/C(=N/NCC1CCCCO1)C(=N)c1ccc(C)cc1.CC. The summed E-state index contributed by atoms with van der Waals surface area (Å²) in [5.74, 6) is 0. The third kappa shape index (κ3) is 5.98. The van der Waals surface area contributed by atoms with E-state index in [4.69, 9.17) is 10.1 Å². The number of hydrogen-bond acceptors (Lipinski definition) is 4. The third-order valence-electron chi connectivity index (χ3n) is 3.54. The summed E-state index contributed by atoms with van der Waals surface area (Å²) < 4.78 is 5.63. The smallest absolute Gasteiger partial charge is 0.0841 e. The number of aryl methyl sites for hydroxylation is 1. The molecule has 0 radical (unpaired) electrons. The Hall–Kier alpha value is -1.68. The van der Waals surface area contributed by atoms with Crippen LogP contribution in [0.15, 0.2) is 29.4 Å². The highest BCUT2D eigenvalue weighted by atomic mass is 16.5. The van der Waals surface area contributed by atoms with Crippen LogP contribution >= 0.6 is 0 Å². The Balaban J connectivity index is 0.00000116. The van der Waals surface area contributed by atoms with Crippen LogP contribution in [-0.2, 0) is 4.74 Å². The lowest BCUT2D eigenvalue weighted by molar-refractivity contribution is 0.0172. The zero-order valence-electron chi connectivity index (χ0n) is 14.3. The predicted octanol–water partition coefficient (Wildman–Crippen LogP) is 3.92. The molecule has 1 atom stereocenters. The number of rotatable bonds is 5. The maximum absolute atomic E-state index is 8.13. The molecule has 1 fully saturated rings. The van der Waals surface area contributed by atoms with Gasteiger partial charge in [-0.05, 0) is 33.1 Å². The Bertz CT molecular complexity index is 474. The lowest BCUT2D eigenvalue weighted by Crippen LogP contribution is -2.30. The Morgan fingerprint density at radius 1 is 1.27 bits per heavy atom. The zero-order chi connectivity index (χ0) is 16.4. The van der Waals surface area contributed by atoms with Gasteiger partial charge in [-0.15, -0.1) is 0 Å². The summed E-state index contributed by atoms with van der Waals surface area (Å²) in [6, 6.07) is 7.95. The third-order valence-corrected chi connectivity index (χ3v) is 3.54. The van der Waals surface area contributed by atoms with E-state index >= 15 is 0 Å². The summed E-state index contributed by atoms with van der Waals surface area (Å²) in [7, 11) is 0. The van der Waals surface area contributed by atoms with E-state index in [1.807, 2.05) is 52.0 Å². The van der Waals surface area contributed by atoms with Crippen molar-refractivity contribution >= 4 is 11.4 Å². The standard InChI is InChI=1S/C16H23N3O.C2H6/c1-12-6-8-14(9-7-12)16(17)13(2)19-18-11-15-5-3-4-10-20-15;1-2/h6-9,15,17-18H,3-5,10-11H2,1-2H3;1-2H3/b17-16?,19-13-;. The van der Waals surface area contributed by atoms with Crippen LogP contribution in [-0.4, -0.2) is 30.7 Å². The van der Waals surface area contributed by atoms with Crippen LogP contribution in [0.1, 0.15) is 51.2 Å². The number of benzene rings is 1. The maximum Gasteiger partial charge on any atom is 0.0841 e. The summed E-state index contributed by atoms with van der Waals surface area (Å²) in [5.41, 5.74) is 6.29. The normalized spacial score (nSPS) is 18.2. The molecule has 4 nitrogen and oxygen atoms in total. The average molecular weight is 303 g/mol. The van der Waals surface area contributed by atoms with Crippen molar-refractivity contribution in [3.63, 3.8) is 0 Å². The molecule has 1 aliphatic rings. The fourth-order valence-corrected chi connectivity index (χ4v) is 2.22. The van der Waals surface area contributed by atoms with Crippen LogP contribution < -0.4 is 5.43 Å². The van der Waals surface area contributed by atoms with E-state index in [2.05, 4.69) is 10.5 Å². The topological polar surface area (TPSA) is 57.5 Å². The number of hydrazone groups is 1. The van der Waals surface area contributed by atoms with E-state index in [9.17, 15) is 0 Å². The van der Waals surface area contributed by atoms with Gasteiger partial charge in [0, 0.05) is 12.2 Å². The Morgan fingerprint density at radius 2 is 1.95 bits per heavy atom. The van der Waals surface area contributed by atoms with Crippen molar-refractivity contribution in [2.45, 2.75) is 53.1 Å². The summed E-state index contributed by atoms with van der Waals surface area (Å²) in [4.78, 5) is 0. The summed E-state index contributed by atoms with van der Waals surface area (Å²) in [6.07, 6.45) is 3.75. The highest BCUT2D eigenvalue weighted by Crippen LogP contribution is 2.11. The molecule has 22 heavy (non-hydrogen) atoms. The quantitative estimate of drug-likeness (QED) is 0.640. The predicted molar refractivity (Wildman–Crippen MR) is 94.1 cm³/mol. The van der Waals surface area contributed by atoms with E-state index in [0.29, 0.717) is 11.4 Å². The van der Waals surface area contributed by atoms with Crippen LogP contribution in [0.4, 0.5) is 0 Å². The largest absolute Gasteiger partial charge is 0.376 e. The molecule has 1 heterocycles. The van der Waals surface area contributed by atoms with Gasteiger partial charge in [-0.1, -0.05) is 43.7 Å². The molecular formula is C18H29N3O. The van der Waals surface area contributed by atoms with Crippen molar-refractivity contribution < 1.29 is 4.74 Å². The molecule has 2 N–H and O–H groups in total. The van der Waals surface area contributed by atoms with Crippen molar-refractivity contribution in [2.75, 3.05) is 13.2 Å². The molecule has 1 aliphatic heterocycles. The molecule has 1 aromatic rings. The Morgan fingerprint density at radius 3 is 2.55 bits per heavy atom. The van der Waals surface area contributed by atoms with Crippen LogP contribution in [0.2, 0.25) is 0 Å². The van der Waals surface area contributed by atoms with Crippen LogP contribution in [0.25, 0.3) is 0 Å². The van der Waals surface area contributed by atoms with Gasteiger partial charge < -0.3 is 10.2 Å². The van der Waals surface area contributed by atoms with Gasteiger partial charge in [-0.3, -0.25) is 5.41 Å². The van der Waals surface area contributed by atoms with Crippen LogP contribution in [0.5, 0.6) is 0 Å². The minimum atomic E-state index is 0.258. The second-order valence-electron chi connectivity index (χ2n) is 5.29. The van der Waals surface area contributed by atoms with Crippen LogP contribution in [0.3, 0.4) is 0 Å². The molecule has 0 amide bonds. The molecule has 0 spiro atoms. The van der Waals surface area contributed by atoms with E-state index in [1.165, 1.54) is 12.0 Å². The highest BCUT2D eigenvalue weighted by molar-refractivity contribution is 6.46. The molecule has 122 valence electrons. The number of ether oxygens (including phenoxy) is 1. The van der Waals surface area contributed by atoms with E-state index in [-0.39, 0.29) is 6.10 Å². The monoisotopic (exact) mass is 303 g/mol. The number of hydrogen-bond donors (Lipinski definition) is 2. The van der Waals surface area contributed by atoms with Crippen molar-refractivity contribution in [1.82, 2.24) is 5.43 Å². The fraction of sp³-hybridized carbons (Fsp3) is 0.556. The first kappa shape index (κ1) is 18.4. The average Bonchev–Trinajstić information content (AvgIpc) is 2.57. The van der Waals surface area contributed by atoms with E-state index in [1.54, 1.807) is 0 Å². The van der Waals surface area contributed by atoms with Gasteiger partial charge in [0.2, 0.25) is 0 Å². The molecule has 0 aromatic heterocycles. The molecular weight excluding hydrogens is 274 g/mol. The maximum atomic E-state index is 8.13. The van der Waals surface area contributed by atoms with Gasteiger partial charge >= 0.3 is 0 Å². The van der Waals surface area contributed by atoms with Crippen molar-refractivity contribution in [1.29, 1.82) is 5.41 Å². The first-order valence-electron chi connectivity index (χ1n) is 8.21. The first-order valence-corrected chi connectivity index (χ1v) is 8.21. The minimum absolute atomic E-state index is 0.258. The van der Waals surface area contributed by atoms with Crippen LogP contribution in [0, 0.1) is 12.3 Å². The lowest BCUT2D eigenvalue weighted by Gasteiger charge is -2.22. The van der Waals surface area contributed by atoms with Gasteiger partial charge in [0.15, 0.2) is 0 Å². The van der Waals surface area contributed by atoms with Crippen molar-refractivity contribution in [3.8, 4) is 0 Å². The van der Waals surface area contributed by atoms with Gasteiger partial charge in [-0.25, -0.2) is 0 Å². The second kappa shape index (κ2) is 10.1. The molecule has 1 unspecified atom stereocenters. The Kier molecular flexibility index (Phi) is 8.44. The summed E-state index contributed by atoms with van der Waals surface area (Å²) in [6.45, 7) is 9.48. The molecule has 1 saturated heterocycles. The minimum Gasteiger partial charge on any atom is -0.376 e. The fourth-order valence-electron chi connectivity index (χ4n) is 2.22.